The van der Waals surface area contributed by atoms with Crippen molar-refractivity contribution in [1.82, 2.24) is 4.98 Å². The molecule has 22 heavy (non-hydrogen) atoms. The Hall–Kier alpha value is -1.44. The number of rotatable bonds is 2. The molecular weight excluding hydrogens is 301 g/mol. The largest absolute Gasteiger partial charge is 0.496 e. The van der Waals surface area contributed by atoms with E-state index in [1.807, 2.05) is 33.8 Å². The predicted molar refractivity (Wildman–Crippen MR) is 86.7 cm³/mol. The van der Waals surface area contributed by atoms with Gasteiger partial charge >= 0.3 is 13.1 Å². The van der Waals surface area contributed by atoms with Crippen LogP contribution >= 0.6 is 11.3 Å². The minimum absolute atomic E-state index is 0.347. The quantitative estimate of drug-likeness (QED) is 0.628. The maximum atomic E-state index is 11.6. The van der Waals surface area contributed by atoms with Gasteiger partial charge in [0.1, 0.15) is 9.71 Å². The van der Waals surface area contributed by atoms with Crippen molar-refractivity contribution in [3.8, 4) is 0 Å². The third-order valence-corrected chi connectivity index (χ3v) is 5.34. The highest BCUT2D eigenvalue weighted by Gasteiger charge is 2.51. The van der Waals surface area contributed by atoms with Crippen molar-refractivity contribution < 1.29 is 18.8 Å². The number of esters is 1. The molecular formula is C15H18BNO4S. The average molecular weight is 319 g/mol. The van der Waals surface area contributed by atoms with Crippen LogP contribution in [0.15, 0.2) is 18.3 Å². The van der Waals surface area contributed by atoms with Crippen LogP contribution in [0.4, 0.5) is 0 Å². The molecule has 2 aromatic heterocycles. The van der Waals surface area contributed by atoms with Crippen LogP contribution in [-0.4, -0.2) is 36.4 Å². The van der Waals surface area contributed by atoms with E-state index in [-0.39, 0.29) is 5.97 Å². The van der Waals surface area contributed by atoms with Crippen LogP contribution in [0.5, 0.6) is 0 Å². The molecule has 0 unspecified atom stereocenters. The second-order valence-corrected chi connectivity index (χ2v) is 7.38. The SMILES string of the molecule is COC(=O)c1cc2cc(B3OC(C)(C)C(C)(C)O3)cnc2s1. The molecule has 3 rings (SSSR count). The summed E-state index contributed by atoms with van der Waals surface area (Å²) < 4.78 is 16.8. The lowest BCUT2D eigenvalue weighted by Gasteiger charge is -2.32. The van der Waals surface area contributed by atoms with Crippen LogP contribution in [-0.2, 0) is 14.0 Å². The maximum absolute atomic E-state index is 11.6. The summed E-state index contributed by atoms with van der Waals surface area (Å²) in [5.41, 5.74) is 0.0667. The molecule has 0 N–H and O–H groups in total. The second-order valence-electron chi connectivity index (χ2n) is 6.35. The van der Waals surface area contributed by atoms with Crippen molar-refractivity contribution in [2.24, 2.45) is 0 Å². The Kier molecular flexibility index (Phi) is 3.54. The third-order valence-electron chi connectivity index (χ3n) is 4.31. The van der Waals surface area contributed by atoms with Gasteiger partial charge in [-0.25, -0.2) is 9.78 Å². The van der Waals surface area contributed by atoms with Crippen molar-refractivity contribution in [2.45, 2.75) is 38.9 Å². The summed E-state index contributed by atoms with van der Waals surface area (Å²) in [6.45, 7) is 8.05. The molecule has 0 atom stereocenters. The van der Waals surface area contributed by atoms with Crippen molar-refractivity contribution in [1.29, 1.82) is 0 Å². The highest BCUT2D eigenvalue weighted by Crippen LogP contribution is 2.36. The Bertz CT molecular complexity index is 724. The van der Waals surface area contributed by atoms with Crippen LogP contribution in [0.3, 0.4) is 0 Å². The lowest BCUT2D eigenvalue weighted by atomic mass is 9.80. The summed E-state index contributed by atoms with van der Waals surface area (Å²) in [6.07, 6.45) is 1.74. The summed E-state index contributed by atoms with van der Waals surface area (Å²) in [5.74, 6) is -0.347. The first-order valence-corrected chi connectivity index (χ1v) is 7.88. The summed E-state index contributed by atoms with van der Waals surface area (Å²) >= 11 is 1.31. The Morgan fingerprint density at radius 3 is 2.45 bits per heavy atom. The molecule has 5 nitrogen and oxygen atoms in total. The number of nitrogens with zero attached hydrogens (tertiary/aromatic N) is 1. The molecule has 0 bridgehead atoms. The van der Waals surface area contributed by atoms with E-state index in [4.69, 9.17) is 14.0 Å². The van der Waals surface area contributed by atoms with E-state index >= 15 is 0 Å². The zero-order chi connectivity index (χ0) is 16.1. The van der Waals surface area contributed by atoms with Gasteiger partial charge in [0.05, 0.1) is 18.3 Å². The first-order chi connectivity index (χ1) is 10.2. The van der Waals surface area contributed by atoms with Gasteiger partial charge in [0, 0.05) is 17.0 Å². The van der Waals surface area contributed by atoms with E-state index in [0.717, 1.165) is 15.7 Å². The van der Waals surface area contributed by atoms with Crippen molar-refractivity contribution in [3.63, 3.8) is 0 Å². The smallest absolute Gasteiger partial charge is 0.465 e. The van der Waals surface area contributed by atoms with Gasteiger partial charge in [-0.15, -0.1) is 11.3 Å². The van der Waals surface area contributed by atoms with Gasteiger partial charge in [-0.05, 0) is 33.8 Å². The number of aromatic nitrogens is 1. The normalized spacial score (nSPS) is 19.6. The molecule has 1 aliphatic rings. The molecule has 0 saturated carbocycles. The van der Waals surface area contributed by atoms with Gasteiger partial charge in [-0.1, -0.05) is 6.07 Å². The van der Waals surface area contributed by atoms with E-state index in [0.29, 0.717) is 4.88 Å². The van der Waals surface area contributed by atoms with Gasteiger partial charge in [0.15, 0.2) is 0 Å². The van der Waals surface area contributed by atoms with Gasteiger partial charge in [0.2, 0.25) is 0 Å². The first-order valence-electron chi connectivity index (χ1n) is 7.07. The van der Waals surface area contributed by atoms with Gasteiger partial charge < -0.3 is 14.0 Å². The minimum atomic E-state index is -0.455. The number of carbonyl (C=O) groups is 1. The van der Waals surface area contributed by atoms with Crippen molar-refractivity contribution >= 4 is 40.1 Å². The summed E-state index contributed by atoms with van der Waals surface area (Å²) in [7, 11) is 0.916. The fourth-order valence-corrected chi connectivity index (χ4v) is 3.16. The Morgan fingerprint density at radius 2 is 1.86 bits per heavy atom. The zero-order valence-electron chi connectivity index (χ0n) is 13.3. The van der Waals surface area contributed by atoms with E-state index in [9.17, 15) is 4.79 Å². The zero-order valence-corrected chi connectivity index (χ0v) is 14.1. The Balaban J connectivity index is 1.95. The van der Waals surface area contributed by atoms with E-state index in [2.05, 4.69) is 4.98 Å². The summed E-state index contributed by atoms with van der Waals surface area (Å²) in [5, 5.41) is 0.887. The van der Waals surface area contributed by atoms with E-state index in [1.165, 1.54) is 18.4 Å². The molecule has 3 heterocycles. The molecule has 0 aliphatic carbocycles. The lowest BCUT2D eigenvalue weighted by molar-refractivity contribution is 0.00578. The molecule has 0 spiro atoms. The number of hydrogen-bond acceptors (Lipinski definition) is 6. The lowest BCUT2D eigenvalue weighted by Crippen LogP contribution is -2.41. The number of carbonyl (C=O) groups excluding carboxylic acids is 1. The standard InChI is InChI=1S/C15H18BNO4S/c1-14(2)15(3,4)21-16(20-14)10-6-9-7-11(13(18)19-5)22-12(9)17-8-10/h6-8H,1-5H3. The Labute approximate surface area is 133 Å². The molecule has 2 aromatic rings. The molecule has 7 heteroatoms. The summed E-state index contributed by atoms with van der Waals surface area (Å²) in [6, 6.07) is 3.74. The third kappa shape index (κ3) is 2.43. The molecule has 1 saturated heterocycles. The topological polar surface area (TPSA) is 57.7 Å². The van der Waals surface area contributed by atoms with Gasteiger partial charge in [-0.2, -0.15) is 0 Å². The van der Waals surface area contributed by atoms with Gasteiger partial charge in [-0.3, -0.25) is 0 Å². The van der Waals surface area contributed by atoms with Crippen LogP contribution in [0.25, 0.3) is 10.2 Å². The van der Waals surface area contributed by atoms with E-state index < -0.39 is 18.3 Å². The molecule has 116 valence electrons. The maximum Gasteiger partial charge on any atom is 0.496 e. The van der Waals surface area contributed by atoms with Crippen molar-refractivity contribution in [3.05, 3.63) is 23.2 Å². The highest BCUT2D eigenvalue weighted by atomic mass is 32.1. The van der Waals surface area contributed by atoms with E-state index in [1.54, 1.807) is 12.3 Å². The second kappa shape index (κ2) is 5.04. The average Bonchev–Trinajstić information content (AvgIpc) is 2.96. The fraction of sp³-hybridized carbons (Fsp3) is 0.467. The molecule has 0 radical (unpaired) electrons. The van der Waals surface area contributed by atoms with Crippen molar-refractivity contribution in [2.75, 3.05) is 7.11 Å². The molecule has 0 aromatic carbocycles. The van der Waals surface area contributed by atoms with Gasteiger partial charge in [0.25, 0.3) is 0 Å². The Morgan fingerprint density at radius 1 is 1.23 bits per heavy atom. The number of fused-ring (bicyclic) bond motifs is 1. The molecule has 0 amide bonds. The number of pyridine rings is 1. The highest BCUT2D eigenvalue weighted by molar-refractivity contribution is 7.20. The van der Waals surface area contributed by atoms with Crippen LogP contribution in [0, 0.1) is 0 Å². The first kappa shape index (κ1) is 15.5. The molecule has 1 fully saturated rings. The monoisotopic (exact) mass is 319 g/mol. The predicted octanol–water partition coefficient (Wildman–Crippen LogP) is 2.38. The number of methoxy groups -OCH3 is 1. The van der Waals surface area contributed by atoms with Crippen LogP contribution < -0.4 is 5.46 Å². The number of thiophene rings is 1. The van der Waals surface area contributed by atoms with Crippen LogP contribution in [0.1, 0.15) is 37.4 Å². The minimum Gasteiger partial charge on any atom is -0.465 e. The molecule has 1 aliphatic heterocycles. The number of hydrogen-bond donors (Lipinski definition) is 0. The number of ether oxygens (including phenoxy) is 1. The fourth-order valence-electron chi connectivity index (χ4n) is 2.26. The van der Waals surface area contributed by atoms with Crippen LogP contribution in [0.2, 0.25) is 0 Å². The summed E-state index contributed by atoms with van der Waals surface area (Å²) in [4.78, 5) is 17.3.